The van der Waals surface area contributed by atoms with Crippen LogP contribution in [-0.2, 0) is 0 Å². The van der Waals surface area contributed by atoms with E-state index < -0.39 is 0 Å². The second kappa shape index (κ2) is 8.84. The molecule has 0 aliphatic heterocycles. The Balaban J connectivity index is 4.06. The fourth-order valence-electron chi connectivity index (χ4n) is 1.31. The van der Waals surface area contributed by atoms with Crippen LogP contribution in [0.25, 0.3) is 0 Å². The van der Waals surface area contributed by atoms with E-state index in [1.807, 2.05) is 6.92 Å². The molecule has 5 nitrogen and oxygen atoms in total. The van der Waals surface area contributed by atoms with Gasteiger partial charge in [-0.2, -0.15) is 0 Å². The lowest BCUT2D eigenvalue weighted by atomic mass is 10.1. The zero-order chi connectivity index (χ0) is 13.3. The van der Waals surface area contributed by atoms with Gasteiger partial charge in [-0.3, -0.25) is 15.3 Å². The minimum Gasteiger partial charge on any atom is -0.370 e. The van der Waals surface area contributed by atoms with Crippen LogP contribution in [0, 0.1) is 5.92 Å². The van der Waals surface area contributed by atoms with Crippen LogP contribution in [-0.4, -0.2) is 24.5 Å². The van der Waals surface area contributed by atoms with E-state index in [9.17, 15) is 0 Å². The standard InChI is InChI=1S/C12H27N5/c1-5-8-15-11(13)17-12(14)16-10(4)7-6-9(2)3/h9-10H,5-8H2,1-4H3,(H5,13,14,15,16,17). The Kier molecular flexibility index (Phi) is 8.19. The van der Waals surface area contributed by atoms with Gasteiger partial charge in [0, 0.05) is 6.54 Å². The van der Waals surface area contributed by atoms with Gasteiger partial charge in [0.25, 0.3) is 0 Å². The van der Waals surface area contributed by atoms with Gasteiger partial charge in [0.1, 0.15) is 0 Å². The molecule has 5 heteroatoms. The second-order valence-corrected chi connectivity index (χ2v) is 4.73. The molecular weight excluding hydrogens is 214 g/mol. The molecule has 0 rings (SSSR count). The summed E-state index contributed by atoms with van der Waals surface area (Å²) in [7, 11) is 0. The Bertz CT molecular complexity index is 258. The van der Waals surface area contributed by atoms with Crippen LogP contribution in [0.2, 0.25) is 0 Å². The number of guanidine groups is 2. The summed E-state index contributed by atoms with van der Waals surface area (Å²) in [6.45, 7) is 9.20. The highest BCUT2D eigenvalue weighted by atomic mass is 15.2. The first-order chi connectivity index (χ1) is 7.95. The fraction of sp³-hybridized carbons (Fsp3) is 0.833. The summed E-state index contributed by atoms with van der Waals surface area (Å²) >= 11 is 0. The highest BCUT2D eigenvalue weighted by molar-refractivity contribution is 5.97. The normalized spacial score (nSPS) is 15.1. The third-order valence-corrected chi connectivity index (χ3v) is 2.28. The Morgan fingerprint density at radius 1 is 1.12 bits per heavy atom. The number of nitrogens with one attached hydrogen (secondary N) is 1. The number of rotatable bonds is 6. The Hall–Kier alpha value is -1.26. The Morgan fingerprint density at radius 2 is 1.76 bits per heavy atom. The molecule has 1 unspecified atom stereocenters. The molecule has 0 saturated heterocycles. The van der Waals surface area contributed by atoms with Gasteiger partial charge in [0.05, 0.1) is 6.04 Å². The maximum atomic E-state index is 5.73. The van der Waals surface area contributed by atoms with Crippen molar-refractivity contribution in [2.45, 2.75) is 53.0 Å². The molecule has 0 aliphatic carbocycles. The lowest BCUT2D eigenvalue weighted by Crippen LogP contribution is -2.42. The molecule has 100 valence electrons. The maximum absolute atomic E-state index is 5.73. The zero-order valence-corrected chi connectivity index (χ0v) is 11.5. The van der Waals surface area contributed by atoms with E-state index in [2.05, 4.69) is 36.1 Å². The van der Waals surface area contributed by atoms with Crippen LogP contribution >= 0.6 is 0 Å². The average molecular weight is 241 g/mol. The first-order valence-electron chi connectivity index (χ1n) is 6.35. The van der Waals surface area contributed by atoms with Crippen molar-refractivity contribution in [2.24, 2.45) is 27.4 Å². The molecule has 0 aromatic heterocycles. The summed E-state index contributed by atoms with van der Waals surface area (Å²) in [5.41, 5.74) is 11.4. The number of nitrogens with two attached hydrogens (primary N) is 2. The van der Waals surface area contributed by atoms with Gasteiger partial charge in [-0.25, -0.2) is 0 Å². The third-order valence-electron chi connectivity index (χ3n) is 2.28. The van der Waals surface area contributed by atoms with Crippen LogP contribution in [0.1, 0.15) is 47.0 Å². The van der Waals surface area contributed by atoms with Gasteiger partial charge >= 0.3 is 0 Å². The first kappa shape index (κ1) is 15.7. The predicted molar refractivity (Wildman–Crippen MR) is 75.1 cm³/mol. The molecule has 1 atom stereocenters. The van der Waals surface area contributed by atoms with Crippen molar-refractivity contribution < 1.29 is 0 Å². The van der Waals surface area contributed by atoms with E-state index in [-0.39, 0.29) is 6.04 Å². The van der Waals surface area contributed by atoms with E-state index in [0.717, 1.165) is 19.3 Å². The van der Waals surface area contributed by atoms with Crippen LogP contribution in [0.3, 0.4) is 0 Å². The molecule has 0 aromatic carbocycles. The van der Waals surface area contributed by atoms with Crippen molar-refractivity contribution in [3.63, 3.8) is 0 Å². The van der Waals surface area contributed by atoms with E-state index >= 15 is 0 Å². The molecule has 17 heavy (non-hydrogen) atoms. The molecule has 0 fully saturated rings. The summed E-state index contributed by atoms with van der Waals surface area (Å²) < 4.78 is 0. The smallest absolute Gasteiger partial charge is 0.195 e. The van der Waals surface area contributed by atoms with Gasteiger partial charge < -0.3 is 11.5 Å². The van der Waals surface area contributed by atoms with Gasteiger partial charge in [-0.1, -0.05) is 20.8 Å². The fourth-order valence-corrected chi connectivity index (χ4v) is 1.31. The topological polar surface area (TPSA) is 88.8 Å². The summed E-state index contributed by atoms with van der Waals surface area (Å²) in [5, 5.41) is 2.79. The van der Waals surface area contributed by atoms with Gasteiger partial charge in [-0.05, 0) is 32.1 Å². The average Bonchev–Trinajstić information content (AvgIpc) is 2.23. The number of nitrogens with zero attached hydrogens (tertiary/aromatic N) is 2. The van der Waals surface area contributed by atoms with E-state index in [1.54, 1.807) is 0 Å². The van der Waals surface area contributed by atoms with Crippen LogP contribution in [0.5, 0.6) is 0 Å². The molecule has 0 spiro atoms. The summed E-state index contributed by atoms with van der Waals surface area (Å²) in [6, 6.07) is 0.212. The molecule has 5 N–H and O–H groups in total. The molecule has 0 aliphatic rings. The quantitative estimate of drug-likeness (QED) is 0.485. The highest BCUT2D eigenvalue weighted by Crippen LogP contribution is 2.08. The van der Waals surface area contributed by atoms with Crippen molar-refractivity contribution in [3.8, 4) is 0 Å². The van der Waals surface area contributed by atoms with Crippen molar-refractivity contribution in [2.75, 3.05) is 6.54 Å². The molecule has 0 bridgehead atoms. The van der Waals surface area contributed by atoms with Crippen LogP contribution in [0.15, 0.2) is 9.98 Å². The minimum atomic E-state index is 0.212. The Labute approximate surface area is 105 Å². The van der Waals surface area contributed by atoms with Crippen molar-refractivity contribution >= 4 is 11.9 Å². The summed E-state index contributed by atoms with van der Waals surface area (Å²) in [4.78, 5) is 8.41. The second-order valence-electron chi connectivity index (χ2n) is 4.73. The molecule has 0 aromatic rings. The number of hydrogen-bond acceptors (Lipinski definition) is 2. The molecule has 0 amide bonds. The van der Waals surface area contributed by atoms with Gasteiger partial charge in [0.2, 0.25) is 0 Å². The van der Waals surface area contributed by atoms with Gasteiger partial charge in [0.15, 0.2) is 11.9 Å². The first-order valence-corrected chi connectivity index (χ1v) is 6.35. The molecule has 0 heterocycles. The molecule has 0 saturated carbocycles. The van der Waals surface area contributed by atoms with Crippen molar-refractivity contribution in [1.82, 2.24) is 5.32 Å². The maximum Gasteiger partial charge on any atom is 0.195 e. The largest absolute Gasteiger partial charge is 0.370 e. The number of hydrogen-bond donors (Lipinski definition) is 3. The van der Waals surface area contributed by atoms with E-state index in [0.29, 0.717) is 24.4 Å². The Morgan fingerprint density at radius 3 is 2.29 bits per heavy atom. The van der Waals surface area contributed by atoms with Gasteiger partial charge in [-0.15, -0.1) is 0 Å². The summed E-state index contributed by atoms with van der Waals surface area (Å²) in [5.74, 6) is 1.38. The summed E-state index contributed by atoms with van der Waals surface area (Å²) in [6.07, 6.45) is 3.15. The number of aliphatic imine (C=N–C) groups is 2. The van der Waals surface area contributed by atoms with E-state index in [1.165, 1.54) is 0 Å². The third kappa shape index (κ3) is 9.66. The lowest BCUT2D eigenvalue weighted by molar-refractivity contribution is 0.515. The minimum absolute atomic E-state index is 0.212. The van der Waals surface area contributed by atoms with Crippen LogP contribution in [0.4, 0.5) is 0 Å². The predicted octanol–water partition coefficient (Wildman–Crippen LogP) is 1.44. The molecule has 0 radical (unpaired) electrons. The van der Waals surface area contributed by atoms with Crippen LogP contribution < -0.4 is 16.8 Å². The zero-order valence-electron chi connectivity index (χ0n) is 11.5. The van der Waals surface area contributed by atoms with Crippen molar-refractivity contribution in [3.05, 3.63) is 0 Å². The van der Waals surface area contributed by atoms with E-state index in [4.69, 9.17) is 11.5 Å². The van der Waals surface area contributed by atoms with Crippen molar-refractivity contribution in [1.29, 1.82) is 0 Å². The monoisotopic (exact) mass is 241 g/mol. The lowest BCUT2D eigenvalue weighted by Gasteiger charge is -2.10. The highest BCUT2D eigenvalue weighted by Gasteiger charge is 2.03. The SMILES string of the molecule is CCCN=C(N)NC(N)=NC(C)CCC(C)C. The molecular formula is C12H27N5.